The molecule has 0 aliphatic carbocycles. The predicted molar refractivity (Wildman–Crippen MR) is 82.1 cm³/mol. The van der Waals surface area contributed by atoms with E-state index in [0.29, 0.717) is 5.82 Å². The minimum absolute atomic E-state index is 0.0402. The molecule has 0 saturated carbocycles. The lowest BCUT2D eigenvalue weighted by molar-refractivity contribution is 0.0895. The highest BCUT2D eigenvalue weighted by Gasteiger charge is 2.18. The Morgan fingerprint density at radius 3 is 2.36 bits per heavy atom. The first-order valence-corrected chi connectivity index (χ1v) is 6.99. The molecule has 5 heteroatoms. The maximum atomic E-state index is 12.2. The number of carbonyl (C=O) groups is 1. The number of amides is 1. The van der Waals surface area contributed by atoms with Crippen molar-refractivity contribution in [2.24, 2.45) is 0 Å². The quantitative estimate of drug-likeness (QED) is 0.802. The van der Waals surface area contributed by atoms with Crippen molar-refractivity contribution >= 4 is 5.91 Å². The minimum atomic E-state index is -0.383. The van der Waals surface area contributed by atoms with Gasteiger partial charge in [-0.25, -0.2) is 0 Å². The highest BCUT2D eigenvalue weighted by molar-refractivity contribution is 5.90. The molecule has 0 fully saturated rings. The zero-order valence-electron chi connectivity index (χ0n) is 12.1. The molecular formula is C17H15N3O2. The Kier molecular flexibility index (Phi) is 3.96. The highest BCUT2D eigenvalue weighted by atomic mass is 16.5. The fourth-order valence-corrected chi connectivity index (χ4v) is 2.10. The Labute approximate surface area is 128 Å². The average molecular weight is 293 g/mol. The van der Waals surface area contributed by atoms with Crippen LogP contribution >= 0.6 is 0 Å². The van der Waals surface area contributed by atoms with E-state index in [9.17, 15) is 4.79 Å². The average Bonchev–Trinajstić information content (AvgIpc) is 3.06. The molecule has 3 rings (SSSR count). The van der Waals surface area contributed by atoms with Crippen molar-refractivity contribution in [1.82, 2.24) is 15.5 Å². The summed E-state index contributed by atoms with van der Waals surface area (Å²) in [6.45, 7) is 1.90. The largest absolute Gasteiger partial charge is 0.341 e. The molecule has 1 N–H and O–H groups in total. The lowest BCUT2D eigenvalue weighted by Crippen LogP contribution is -2.26. The Morgan fingerprint density at radius 2 is 1.68 bits per heavy atom. The topological polar surface area (TPSA) is 68.0 Å². The van der Waals surface area contributed by atoms with Crippen LogP contribution in [0.5, 0.6) is 0 Å². The van der Waals surface area contributed by atoms with Crippen LogP contribution in [0.1, 0.15) is 29.2 Å². The zero-order chi connectivity index (χ0) is 15.4. The molecule has 0 aliphatic rings. The second kappa shape index (κ2) is 6.22. The number of aromatic nitrogens is 2. The van der Waals surface area contributed by atoms with Gasteiger partial charge in [0.25, 0.3) is 0 Å². The first-order chi connectivity index (χ1) is 10.7. The van der Waals surface area contributed by atoms with Crippen LogP contribution in [0.25, 0.3) is 11.4 Å². The summed E-state index contributed by atoms with van der Waals surface area (Å²) in [7, 11) is 0. The van der Waals surface area contributed by atoms with E-state index >= 15 is 0 Å². The lowest BCUT2D eigenvalue weighted by atomic mass is 10.1. The van der Waals surface area contributed by atoms with Crippen molar-refractivity contribution in [2.75, 3.05) is 0 Å². The van der Waals surface area contributed by atoms with Crippen LogP contribution < -0.4 is 5.32 Å². The second-order valence-corrected chi connectivity index (χ2v) is 4.89. The van der Waals surface area contributed by atoms with Gasteiger partial charge in [0.2, 0.25) is 5.82 Å². The van der Waals surface area contributed by atoms with Crippen molar-refractivity contribution in [3.8, 4) is 11.4 Å². The van der Waals surface area contributed by atoms with Gasteiger partial charge in [-0.15, -0.1) is 0 Å². The smallest absolute Gasteiger partial charge is 0.316 e. The van der Waals surface area contributed by atoms with Crippen LogP contribution in [-0.2, 0) is 0 Å². The Balaban J connectivity index is 1.72. The number of nitrogens with one attached hydrogen (secondary N) is 1. The van der Waals surface area contributed by atoms with Gasteiger partial charge >= 0.3 is 11.8 Å². The van der Waals surface area contributed by atoms with Gasteiger partial charge in [0.15, 0.2) is 0 Å². The third kappa shape index (κ3) is 3.03. The number of carbonyl (C=O) groups excluding carboxylic acids is 1. The van der Waals surface area contributed by atoms with E-state index in [0.717, 1.165) is 11.1 Å². The van der Waals surface area contributed by atoms with Gasteiger partial charge in [-0.3, -0.25) is 4.79 Å². The first kappa shape index (κ1) is 14.0. The maximum Gasteiger partial charge on any atom is 0.316 e. The third-order valence-corrected chi connectivity index (χ3v) is 3.30. The highest BCUT2D eigenvalue weighted by Crippen LogP contribution is 2.16. The summed E-state index contributed by atoms with van der Waals surface area (Å²) < 4.78 is 5.04. The van der Waals surface area contributed by atoms with Gasteiger partial charge < -0.3 is 9.84 Å². The number of hydrogen-bond donors (Lipinski definition) is 1. The standard InChI is InChI=1S/C17H15N3O2/c1-12(13-8-4-2-5-9-13)18-16(21)17-19-15(20-22-17)14-10-6-3-7-11-14/h2-12H,1H3,(H,18,21). The predicted octanol–water partition coefficient (Wildman–Crippen LogP) is 3.23. The summed E-state index contributed by atoms with van der Waals surface area (Å²) in [6.07, 6.45) is 0. The van der Waals surface area contributed by atoms with Gasteiger partial charge in [0.1, 0.15) is 0 Å². The second-order valence-electron chi connectivity index (χ2n) is 4.89. The number of rotatable bonds is 4. The van der Waals surface area contributed by atoms with Crippen LogP contribution in [0.2, 0.25) is 0 Å². The molecule has 22 heavy (non-hydrogen) atoms. The van der Waals surface area contributed by atoms with E-state index in [1.807, 2.05) is 67.6 Å². The van der Waals surface area contributed by atoms with E-state index in [1.165, 1.54) is 0 Å². The summed E-state index contributed by atoms with van der Waals surface area (Å²) in [6, 6.07) is 18.9. The summed E-state index contributed by atoms with van der Waals surface area (Å²) in [5.41, 5.74) is 1.82. The minimum Gasteiger partial charge on any atom is -0.341 e. The van der Waals surface area contributed by atoms with Crippen LogP contribution in [0.4, 0.5) is 0 Å². The molecule has 1 amide bonds. The van der Waals surface area contributed by atoms with Gasteiger partial charge in [-0.1, -0.05) is 65.8 Å². The maximum absolute atomic E-state index is 12.2. The lowest BCUT2D eigenvalue weighted by Gasteiger charge is -2.12. The summed E-state index contributed by atoms with van der Waals surface area (Å²) in [5, 5.41) is 6.68. The molecule has 5 nitrogen and oxygen atoms in total. The van der Waals surface area contributed by atoms with Crippen LogP contribution in [0.15, 0.2) is 65.2 Å². The van der Waals surface area contributed by atoms with E-state index < -0.39 is 0 Å². The Hall–Kier alpha value is -2.95. The van der Waals surface area contributed by atoms with Crippen molar-refractivity contribution in [3.05, 3.63) is 72.1 Å². The molecule has 2 aromatic carbocycles. The Morgan fingerprint density at radius 1 is 1.05 bits per heavy atom. The molecule has 0 spiro atoms. The van der Waals surface area contributed by atoms with Crippen molar-refractivity contribution in [3.63, 3.8) is 0 Å². The number of hydrogen-bond acceptors (Lipinski definition) is 4. The zero-order valence-corrected chi connectivity index (χ0v) is 12.1. The molecule has 1 unspecified atom stereocenters. The summed E-state index contributed by atoms with van der Waals surface area (Å²) in [4.78, 5) is 16.3. The summed E-state index contributed by atoms with van der Waals surface area (Å²) >= 11 is 0. The van der Waals surface area contributed by atoms with Crippen molar-refractivity contribution in [2.45, 2.75) is 13.0 Å². The van der Waals surface area contributed by atoms with E-state index in [2.05, 4.69) is 15.5 Å². The molecule has 0 bridgehead atoms. The molecular weight excluding hydrogens is 278 g/mol. The molecule has 1 aromatic heterocycles. The van der Waals surface area contributed by atoms with E-state index in [-0.39, 0.29) is 17.8 Å². The summed E-state index contributed by atoms with van der Waals surface area (Å²) in [5.74, 6) is -0.0224. The first-order valence-electron chi connectivity index (χ1n) is 6.99. The molecule has 0 aliphatic heterocycles. The van der Waals surface area contributed by atoms with Gasteiger partial charge in [0, 0.05) is 5.56 Å². The Bertz CT molecular complexity index is 754. The molecule has 1 atom stereocenters. The van der Waals surface area contributed by atoms with Gasteiger partial charge in [-0.2, -0.15) is 4.98 Å². The van der Waals surface area contributed by atoms with Crippen molar-refractivity contribution < 1.29 is 9.32 Å². The molecule has 110 valence electrons. The normalized spacial score (nSPS) is 11.9. The van der Waals surface area contributed by atoms with Crippen LogP contribution in [0.3, 0.4) is 0 Å². The van der Waals surface area contributed by atoms with Crippen molar-refractivity contribution in [1.29, 1.82) is 0 Å². The fraction of sp³-hybridized carbons (Fsp3) is 0.118. The number of benzene rings is 2. The third-order valence-electron chi connectivity index (χ3n) is 3.30. The van der Waals surface area contributed by atoms with E-state index in [1.54, 1.807) is 0 Å². The van der Waals surface area contributed by atoms with Gasteiger partial charge in [-0.05, 0) is 12.5 Å². The van der Waals surface area contributed by atoms with Gasteiger partial charge in [0.05, 0.1) is 6.04 Å². The fourth-order valence-electron chi connectivity index (χ4n) is 2.10. The van der Waals surface area contributed by atoms with Crippen LogP contribution in [-0.4, -0.2) is 16.0 Å². The van der Waals surface area contributed by atoms with E-state index in [4.69, 9.17) is 4.52 Å². The molecule has 0 saturated heterocycles. The number of nitrogens with zero attached hydrogens (tertiary/aromatic N) is 2. The molecule has 3 aromatic rings. The SMILES string of the molecule is CC(NC(=O)c1nc(-c2ccccc2)no1)c1ccccc1. The van der Waals surface area contributed by atoms with Crippen LogP contribution in [0, 0.1) is 0 Å². The monoisotopic (exact) mass is 293 g/mol. The molecule has 0 radical (unpaired) electrons. The molecule has 1 heterocycles.